The number of nitrogens with zero attached hydrogens (tertiary/aromatic N) is 4. The molecule has 0 unspecified atom stereocenters. The van der Waals surface area contributed by atoms with Gasteiger partial charge in [-0.15, -0.1) is 0 Å². The lowest BCUT2D eigenvalue weighted by molar-refractivity contribution is 0.242. The number of aromatic hydroxyl groups is 1. The molecule has 0 amide bonds. The maximum Gasteiger partial charge on any atom is 0.234 e. The molecule has 23 heavy (non-hydrogen) atoms. The average Bonchev–Trinajstić information content (AvgIpc) is 3.17. The molecule has 1 aliphatic heterocycles. The van der Waals surface area contributed by atoms with E-state index in [0.717, 1.165) is 36.8 Å². The molecule has 1 N–H and O–H groups in total. The van der Waals surface area contributed by atoms with Crippen molar-refractivity contribution in [3.8, 4) is 5.75 Å². The smallest absolute Gasteiger partial charge is 0.234 e. The molecule has 2 aromatic heterocycles. The number of hydrogen-bond acceptors (Lipinski definition) is 6. The first-order chi connectivity index (χ1) is 11.1. The first-order valence-corrected chi connectivity index (χ1v) is 8.25. The number of hydrogen-bond donors (Lipinski definition) is 1. The van der Waals surface area contributed by atoms with Crippen molar-refractivity contribution in [1.82, 2.24) is 20.0 Å². The molecule has 0 bridgehead atoms. The monoisotopic (exact) mass is 314 g/mol. The van der Waals surface area contributed by atoms with Gasteiger partial charge in [-0.3, -0.25) is 9.88 Å². The zero-order valence-electron chi connectivity index (χ0n) is 13.6. The van der Waals surface area contributed by atoms with Crippen LogP contribution in [0.25, 0.3) is 0 Å². The zero-order valence-corrected chi connectivity index (χ0v) is 13.6. The minimum atomic E-state index is -0.0132. The fraction of sp³-hybridized carbons (Fsp3) is 0.588. The minimum absolute atomic E-state index is 0.0132. The summed E-state index contributed by atoms with van der Waals surface area (Å²) in [6.07, 6.45) is 3.52. The Morgan fingerprint density at radius 1 is 1.35 bits per heavy atom. The van der Waals surface area contributed by atoms with Gasteiger partial charge in [0.25, 0.3) is 0 Å². The van der Waals surface area contributed by atoms with Crippen LogP contribution in [0.4, 0.5) is 0 Å². The molecule has 0 spiro atoms. The van der Waals surface area contributed by atoms with Crippen molar-refractivity contribution in [3.05, 3.63) is 35.2 Å². The first kappa shape index (κ1) is 14.6. The predicted molar refractivity (Wildman–Crippen MR) is 84.0 cm³/mol. The van der Waals surface area contributed by atoms with Crippen molar-refractivity contribution in [2.45, 2.75) is 45.1 Å². The molecule has 1 aliphatic carbocycles. The highest BCUT2D eigenvalue weighted by atomic mass is 16.5. The lowest BCUT2D eigenvalue weighted by atomic mass is 9.80. The van der Waals surface area contributed by atoms with Crippen LogP contribution in [0.1, 0.15) is 42.4 Å². The lowest BCUT2D eigenvalue weighted by Crippen LogP contribution is -2.32. The normalized spacial score (nSPS) is 27.5. The molecule has 1 saturated carbocycles. The molecular weight excluding hydrogens is 292 g/mol. The summed E-state index contributed by atoms with van der Waals surface area (Å²) in [5.74, 6) is 2.32. The topological polar surface area (TPSA) is 75.3 Å². The van der Waals surface area contributed by atoms with E-state index in [9.17, 15) is 5.11 Å². The maximum absolute atomic E-state index is 10.1. The van der Waals surface area contributed by atoms with Gasteiger partial charge in [0.2, 0.25) is 5.89 Å². The summed E-state index contributed by atoms with van der Waals surface area (Å²) < 4.78 is 5.54. The molecule has 0 radical (unpaired) electrons. The van der Waals surface area contributed by atoms with Crippen molar-refractivity contribution in [3.63, 3.8) is 0 Å². The summed E-state index contributed by atoms with van der Waals surface area (Å²) in [6.45, 7) is 6.38. The zero-order chi connectivity index (χ0) is 16.0. The molecule has 2 atom stereocenters. The van der Waals surface area contributed by atoms with Gasteiger partial charge in [0.05, 0.1) is 11.1 Å². The highest BCUT2D eigenvalue weighted by Gasteiger charge is 2.54. The van der Waals surface area contributed by atoms with Gasteiger partial charge in [0.15, 0.2) is 5.82 Å². The Kier molecular flexibility index (Phi) is 3.37. The van der Waals surface area contributed by atoms with Crippen LogP contribution in [0.3, 0.4) is 0 Å². The van der Waals surface area contributed by atoms with Crippen molar-refractivity contribution >= 4 is 0 Å². The summed E-state index contributed by atoms with van der Waals surface area (Å²) in [6, 6.07) is 3.56. The third-order valence-electron chi connectivity index (χ3n) is 5.36. The first-order valence-electron chi connectivity index (χ1n) is 8.25. The number of likely N-dealkylation sites (tertiary alicyclic amines) is 1. The predicted octanol–water partition coefficient (Wildman–Crippen LogP) is 2.34. The second-order valence-corrected chi connectivity index (χ2v) is 6.98. The number of fused-ring (bicyclic) bond motifs is 1. The van der Waals surface area contributed by atoms with Crippen LogP contribution in [0.2, 0.25) is 0 Å². The lowest BCUT2D eigenvalue weighted by Gasteiger charge is -2.24. The van der Waals surface area contributed by atoms with E-state index < -0.39 is 0 Å². The molecule has 122 valence electrons. The van der Waals surface area contributed by atoms with Crippen LogP contribution in [0.15, 0.2) is 16.7 Å². The molecule has 1 saturated heterocycles. The number of aryl methyl sites for hydroxylation is 2. The van der Waals surface area contributed by atoms with Crippen LogP contribution >= 0.6 is 0 Å². The van der Waals surface area contributed by atoms with Gasteiger partial charge >= 0.3 is 0 Å². The van der Waals surface area contributed by atoms with E-state index in [1.54, 1.807) is 6.07 Å². The highest BCUT2D eigenvalue weighted by molar-refractivity contribution is 5.28. The summed E-state index contributed by atoms with van der Waals surface area (Å²) in [4.78, 5) is 11.4. The van der Waals surface area contributed by atoms with Gasteiger partial charge in [-0.05, 0) is 44.7 Å². The van der Waals surface area contributed by atoms with Crippen LogP contribution in [0, 0.1) is 19.8 Å². The van der Waals surface area contributed by atoms with Crippen molar-refractivity contribution in [2.24, 2.45) is 5.92 Å². The molecule has 0 aromatic carbocycles. The average molecular weight is 314 g/mol. The third kappa shape index (κ3) is 2.41. The molecule has 6 heteroatoms. The highest BCUT2D eigenvalue weighted by Crippen LogP contribution is 2.50. The summed E-state index contributed by atoms with van der Waals surface area (Å²) >= 11 is 0. The molecule has 3 heterocycles. The van der Waals surface area contributed by atoms with Gasteiger partial charge in [-0.25, -0.2) is 0 Å². The summed E-state index contributed by atoms with van der Waals surface area (Å²) in [5, 5.41) is 14.0. The second-order valence-electron chi connectivity index (χ2n) is 6.98. The Bertz CT molecular complexity index is 729. The fourth-order valence-corrected chi connectivity index (χ4v) is 4.29. The Morgan fingerprint density at radius 3 is 3.00 bits per heavy atom. The molecule has 6 nitrogen and oxygen atoms in total. The number of aromatic nitrogens is 3. The van der Waals surface area contributed by atoms with E-state index in [-0.39, 0.29) is 11.2 Å². The van der Waals surface area contributed by atoms with Gasteiger partial charge in [0, 0.05) is 25.3 Å². The number of pyridine rings is 1. The quantitative estimate of drug-likeness (QED) is 0.937. The van der Waals surface area contributed by atoms with E-state index in [2.05, 4.69) is 20.0 Å². The minimum Gasteiger partial charge on any atom is -0.506 e. The third-order valence-corrected chi connectivity index (χ3v) is 5.36. The molecule has 2 fully saturated rings. The standard InChI is InChI=1S/C17H22N4O2/c1-11-5-6-15(22)14(18-11)9-21-8-13-4-3-7-17(13,10-21)16-19-12(2)20-23-16/h5-6,13,22H,3-4,7-10H2,1-2H3/t13-,17-/m0/s1. The summed E-state index contributed by atoms with van der Waals surface area (Å²) in [7, 11) is 0. The van der Waals surface area contributed by atoms with Gasteiger partial charge in [-0.2, -0.15) is 4.98 Å². The van der Waals surface area contributed by atoms with Crippen molar-refractivity contribution in [2.75, 3.05) is 13.1 Å². The van der Waals surface area contributed by atoms with Crippen LogP contribution in [-0.4, -0.2) is 38.2 Å². The van der Waals surface area contributed by atoms with E-state index >= 15 is 0 Å². The molecule has 4 rings (SSSR count). The Morgan fingerprint density at radius 2 is 2.22 bits per heavy atom. The molecule has 2 aromatic rings. The van der Waals surface area contributed by atoms with E-state index in [4.69, 9.17) is 4.52 Å². The molecular formula is C17H22N4O2. The number of rotatable bonds is 3. The van der Waals surface area contributed by atoms with E-state index in [0.29, 0.717) is 18.3 Å². The van der Waals surface area contributed by atoms with Crippen molar-refractivity contribution < 1.29 is 9.63 Å². The van der Waals surface area contributed by atoms with Gasteiger partial charge in [0.1, 0.15) is 5.75 Å². The Labute approximate surface area is 135 Å². The summed E-state index contributed by atoms with van der Waals surface area (Å²) in [5.41, 5.74) is 1.67. The molecule has 2 aliphatic rings. The SMILES string of the molecule is Cc1ccc(O)c(CN2C[C@@H]3CCC[C@]3(c3nc(C)no3)C2)n1. The van der Waals surface area contributed by atoms with E-state index in [1.165, 1.54) is 12.8 Å². The van der Waals surface area contributed by atoms with E-state index in [1.807, 2.05) is 19.9 Å². The maximum atomic E-state index is 10.1. The van der Waals surface area contributed by atoms with Crippen molar-refractivity contribution in [1.29, 1.82) is 0 Å². The Hall–Kier alpha value is -1.95. The Balaban J connectivity index is 1.59. The fourth-order valence-electron chi connectivity index (χ4n) is 4.29. The van der Waals surface area contributed by atoms with Gasteiger partial charge in [-0.1, -0.05) is 11.6 Å². The van der Waals surface area contributed by atoms with Crippen LogP contribution < -0.4 is 0 Å². The van der Waals surface area contributed by atoms with Crippen LogP contribution in [-0.2, 0) is 12.0 Å². The van der Waals surface area contributed by atoms with Crippen LogP contribution in [0.5, 0.6) is 5.75 Å². The van der Waals surface area contributed by atoms with Gasteiger partial charge < -0.3 is 9.63 Å². The largest absolute Gasteiger partial charge is 0.506 e. The second kappa shape index (κ2) is 5.30.